The van der Waals surface area contributed by atoms with Gasteiger partial charge < -0.3 is 15.7 Å². The van der Waals surface area contributed by atoms with Gasteiger partial charge in [0.2, 0.25) is 11.8 Å². The summed E-state index contributed by atoms with van der Waals surface area (Å²) in [5.74, 6) is -1.55. The fourth-order valence-corrected chi connectivity index (χ4v) is 2.96. The molecule has 0 aromatic heterocycles. The Morgan fingerprint density at radius 2 is 1.64 bits per heavy atom. The summed E-state index contributed by atoms with van der Waals surface area (Å²) in [4.78, 5) is 35.3. The van der Waals surface area contributed by atoms with Crippen LogP contribution in [0.2, 0.25) is 0 Å². The largest absolute Gasteiger partial charge is 0.481 e. The second kappa shape index (κ2) is 8.14. The molecule has 6 nitrogen and oxygen atoms in total. The minimum absolute atomic E-state index is 0.0758. The van der Waals surface area contributed by atoms with E-state index in [9.17, 15) is 14.4 Å². The second-order valence-electron chi connectivity index (χ2n) is 7.05. The number of carboxylic acid groups (broad SMARTS) is 1. The van der Waals surface area contributed by atoms with Gasteiger partial charge in [0.15, 0.2) is 0 Å². The first-order valence-corrected chi connectivity index (χ1v) is 8.73. The normalized spacial score (nSPS) is 20.2. The number of amides is 2. The summed E-state index contributed by atoms with van der Waals surface area (Å²) < 4.78 is 0. The van der Waals surface area contributed by atoms with Gasteiger partial charge in [-0.1, -0.05) is 19.9 Å². The van der Waals surface area contributed by atoms with Crippen LogP contribution in [0.5, 0.6) is 0 Å². The van der Waals surface area contributed by atoms with E-state index in [0.29, 0.717) is 37.1 Å². The van der Waals surface area contributed by atoms with Gasteiger partial charge in [0.25, 0.3) is 0 Å². The van der Waals surface area contributed by atoms with Crippen molar-refractivity contribution in [2.45, 2.75) is 46.5 Å². The van der Waals surface area contributed by atoms with Crippen molar-refractivity contribution in [3.63, 3.8) is 0 Å². The number of hydrogen-bond donors (Lipinski definition) is 3. The zero-order valence-corrected chi connectivity index (χ0v) is 15.0. The number of carbonyl (C=O) groups excluding carboxylic acids is 2. The first-order chi connectivity index (χ1) is 11.8. The minimum atomic E-state index is -0.775. The Kier molecular flexibility index (Phi) is 6.17. The zero-order chi connectivity index (χ0) is 18.6. The van der Waals surface area contributed by atoms with Crippen molar-refractivity contribution in [3.8, 4) is 0 Å². The van der Waals surface area contributed by atoms with Crippen molar-refractivity contribution >= 4 is 29.2 Å². The fraction of sp³-hybridized carbons (Fsp3) is 0.526. The van der Waals surface area contributed by atoms with Crippen LogP contribution in [-0.2, 0) is 14.4 Å². The van der Waals surface area contributed by atoms with Crippen molar-refractivity contribution in [2.75, 3.05) is 10.6 Å². The lowest BCUT2D eigenvalue weighted by atomic mass is 9.81. The molecule has 1 fully saturated rings. The van der Waals surface area contributed by atoms with Crippen LogP contribution in [-0.4, -0.2) is 22.9 Å². The van der Waals surface area contributed by atoms with Crippen LogP contribution in [0, 0.1) is 24.7 Å². The average Bonchev–Trinajstić information content (AvgIpc) is 2.57. The molecule has 6 heteroatoms. The minimum Gasteiger partial charge on any atom is -0.481 e. The quantitative estimate of drug-likeness (QED) is 0.761. The van der Waals surface area contributed by atoms with Gasteiger partial charge in [-0.3, -0.25) is 14.4 Å². The molecule has 0 saturated heterocycles. The van der Waals surface area contributed by atoms with Gasteiger partial charge in [-0.2, -0.15) is 0 Å². The number of carboxylic acids is 1. The Labute approximate surface area is 148 Å². The van der Waals surface area contributed by atoms with Gasteiger partial charge in [-0.15, -0.1) is 0 Å². The molecule has 0 aliphatic heterocycles. The van der Waals surface area contributed by atoms with E-state index in [1.54, 1.807) is 6.07 Å². The molecule has 1 saturated carbocycles. The average molecular weight is 346 g/mol. The van der Waals surface area contributed by atoms with E-state index >= 15 is 0 Å². The SMILES string of the molecule is Cc1ccc(NC(=O)C(C)C)cc1NC(=O)C1CCC(C(=O)O)CC1. The highest BCUT2D eigenvalue weighted by atomic mass is 16.4. The molecule has 1 aliphatic rings. The Morgan fingerprint density at radius 3 is 2.20 bits per heavy atom. The molecule has 1 aromatic rings. The second-order valence-corrected chi connectivity index (χ2v) is 7.05. The Balaban J connectivity index is 2.00. The first-order valence-electron chi connectivity index (χ1n) is 8.73. The van der Waals surface area contributed by atoms with E-state index in [1.165, 1.54) is 0 Å². The molecule has 3 N–H and O–H groups in total. The number of hydrogen-bond acceptors (Lipinski definition) is 3. The molecule has 136 valence electrons. The highest BCUT2D eigenvalue weighted by Crippen LogP contribution is 2.30. The van der Waals surface area contributed by atoms with Crippen LogP contribution in [0.1, 0.15) is 45.1 Å². The molecule has 2 rings (SSSR count). The maximum atomic E-state index is 12.5. The predicted octanol–water partition coefficient (Wildman–Crippen LogP) is 3.42. The third-order valence-electron chi connectivity index (χ3n) is 4.73. The third-order valence-corrected chi connectivity index (χ3v) is 4.73. The highest BCUT2D eigenvalue weighted by Gasteiger charge is 2.29. The predicted molar refractivity (Wildman–Crippen MR) is 96.4 cm³/mol. The third kappa shape index (κ3) is 5.05. The van der Waals surface area contributed by atoms with Crippen LogP contribution in [0.25, 0.3) is 0 Å². The summed E-state index contributed by atoms with van der Waals surface area (Å²) in [6, 6.07) is 5.42. The topological polar surface area (TPSA) is 95.5 Å². The number of benzene rings is 1. The standard InChI is InChI=1S/C19H26N2O4/c1-11(2)17(22)20-15-9-4-12(3)16(10-15)21-18(23)13-5-7-14(8-6-13)19(24)25/h4,9-11,13-14H,5-8H2,1-3H3,(H,20,22)(H,21,23)(H,24,25). The van der Waals surface area contributed by atoms with Crippen LogP contribution in [0.15, 0.2) is 18.2 Å². The van der Waals surface area contributed by atoms with Gasteiger partial charge in [0, 0.05) is 23.2 Å². The van der Waals surface area contributed by atoms with Crippen LogP contribution in [0.4, 0.5) is 11.4 Å². The van der Waals surface area contributed by atoms with Crippen LogP contribution >= 0.6 is 0 Å². The Bertz CT molecular complexity index is 661. The van der Waals surface area contributed by atoms with E-state index in [2.05, 4.69) is 10.6 Å². The molecule has 0 heterocycles. The van der Waals surface area contributed by atoms with Crippen molar-refractivity contribution in [1.82, 2.24) is 0 Å². The molecule has 0 bridgehead atoms. The lowest BCUT2D eigenvalue weighted by molar-refractivity contribution is -0.143. The molecule has 1 aromatic carbocycles. The van der Waals surface area contributed by atoms with E-state index in [1.807, 2.05) is 32.9 Å². The lowest BCUT2D eigenvalue weighted by Gasteiger charge is -2.25. The lowest BCUT2D eigenvalue weighted by Crippen LogP contribution is -2.29. The summed E-state index contributed by atoms with van der Waals surface area (Å²) >= 11 is 0. The van der Waals surface area contributed by atoms with Gasteiger partial charge >= 0.3 is 5.97 Å². The number of carbonyl (C=O) groups is 3. The summed E-state index contributed by atoms with van der Waals surface area (Å²) in [7, 11) is 0. The molecule has 25 heavy (non-hydrogen) atoms. The van der Waals surface area contributed by atoms with Crippen molar-refractivity contribution in [1.29, 1.82) is 0 Å². The van der Waals surface area contributed by atoms with E-state index in [-0.39, 0.29) is 29.6 Å². The van der Waals surface area contributed by atoms with E-state index < -0.39 is 5.97 Å². The van der Waals surface area contributed by atoms with Gasteiger partial charge in [0.1, 0.15) is 0 Å². The fourth-order valence-electron chi connectivity index (χ4n) is 2.96. The Morgan fingerprint density at radius 1 is 1.04 bits per heavy atom. The molecule has 2 amide bonds. The molecule has 0 atom stereocenters. The molecule has 0 spiro atoms. The highest BCUT2D eigenvalue weighted by molar-refractivity contribution is 5.96. The maximum absolute atomic E-state index is 12.5. The number of rotatable bonds is 5. The Hall–Kier alpha value is -2.37. The van der Waals surface area contributed by atoms with Gasteiger partial charge in [0.05, 0.1) is 5.92 Å². The van der Waals surface area contributed by atoms with Gasteiger partial charge in [-0.05, 0) is 50.3 Å². The molecular weight excluding hydrogens is 320 g/mol. The van der Waals surface area contributed by atoms with E-state index in [0.717, 1.165) is 5.56 Å². The van der Waals surface area contributed by atoms with Crippen molar-refractivity contribution in [2.24, 2.45) is 17.8 Å². The summed E-state index contributed by atoms with van der Waals surface area (Å²) in [6.45, 7) is 5.53. The smallest absolute Gasteiger partial charge is 0.306 e. The first kappa shape index (κ1) is 19.0. The molecular formula is C19H26N2O4. The monoisotopic (exact) mass is 346 g/mol. The van der Waals surface area contributed by atoms with Crippen molar-refractivity contribution in [3.05, 3.63) is 23.8 Å². The molecule has 0 unspecified atom stereocenters. The van der Waals surface area contributed by atoms with Crippen LogP contribution < -0.4 is 10.6 Å². The molecule has 1 aliphatic carbocycles. The number of anilines is 2. The molecule has 0 radical (unpaired) electrons. The summed E-state index contributed by atoms with van der Waals surface area (Å²) in [5, 5.41) is 14.8. The summed E-state index contributed by atoms with van der Waals surface area (Å²) in [5.41, 5.74) is 2.23. The van der Waals surface area contributed by atoms with E-state index in [4.69, 9.17) is 5.11 Å². The van der Waals surface area contributed by atoms with Crippen LogP contribution in [0.3, 0.4) is 0 Å². The van der Waals surface area contributed by atoms with Crippen molar-refractivity contribution < 1.29 is 19.5 Å². The zero-order valence-electron chi connectivity index (χ0n) is 15.0. The number of aryl methyl sites for hydroxylation is 1. The van der Waals surface area contributed by atoms with Gasteiger partial charge in [-0.25, -0.2) is 0 Å². The maximum Gasteiger partial charge on any atom is 0.306 e. The number of aliphatic carboxylic acids is 1. The summed E-state index contributed by atoms with van der Waals surface area (Å²) in [6.07, 6.45) is 2.25. The number of nitrogens with one attached hydrogen (secondary N) is 2.